The van der Waals surface area contributed by atoms with Crippen molar-refractivity contribution in [2.45, 2.75) is 79.4 Å². The van der Waals surface area contributed by atoms with E-state index in [0.717, 1.165) is 44.8 Å². The van der Waals surface area contributed by atoms with Crippen LogP contribution in [0.25, 0.3) is 10.2 Å². The van der Waals surface area contributed by atoms with Gasteiger partial charge < -0.3 is 20.5 Å². The second kappa shape index (κ2) is 11.8. The van der Waals surface area contributed by atoms with Crippen LogP contribution in [0.3, 0.4) is 0 Å². The number of nitrogens with one attached hydrogen (secondary N) is 2. The van der Waals surface area contributed by atoms with E-state index in [9.17, 15) is 19.5 Å². The van der Waals surface area contributed by atoms with Crippen LogP contribution in [-0.2, 0) is 40.1 Å². The summed E-state index contributed by atoms with van der Waals surface area (Å²) in [4.78, 5) is 43.0. The number of fused-ring (bicyclic) bond motifs is 2. The molecule has 1 aliphatic rings. The lowest BCUT2D eigenvalue weighted by Gasteiger charge is -2.41. The number of ether oxygens (including phenoxy) is 1. The molecule has 0 saturated heterocycles. The molecule has 0 saturated carbocycles. The number of aryl methyl sites for hydroxylation is 1. The molecule has 4 rings (SSSR count). The summed E-state index contributed by atoms with van der Waals surface area (Å²) in [5, 5.41) is 16.9. The number of rotatable bonds is 9. The number of amides is 2. The number of benzene rings is 2. The number of thiazole rings is 1. The minimum Gasteiger partial charge on any atom is -0.481 e. The van der Waals surface area contributed by atoms with Crippen molar-refractivity contribution in [1.29, 1.82) is 0 Å². The summed E-state index contributed by atoms with van der Waals surface area (Å²) in [7, 11) is 0. The van der Waals surface area contributed by atoms with Crippen molar-refractivity contribution >= 4 is 39.5 Å². The van der Waals surface area contributed by atoms with Gasteiger partial charge >= 0.3 is 12.1 Å². The fourth-order valence-corrected chi connectivity index (χ4v) is 6.92. The normalized spacial score (nSPS) is 15.3. The van der Waals surface area contributed by atoms with Crippen LogP contribution in [0.2, 0.25) is 0 Å². The number of aromatic nitrogens is 1. The summed E-state index contributed by atoms with van der Waals surface area (Å²) >= 11 is 1.52. The van der Waals surface area contributed by atoms with Crippen LogP contribution in [0.4, 0.5) is 4.79 Å². The summed E-state index contributed by atoms with van der Waals surface area (Å²) < 4.78 is 6.29. The molecule has 0 bridgehead atoms. The Morgan fingerprint density at radius 3 is 2.27 bits per heavy atom. The van der Waals surface area contributed by atoms with E-state index in [1.807, 2.05) is 77.9 Å². The van der Waals surface area contributed by atoms with E-state index in [1.165, 1.54) is 11.3 Å². The molecule has 220 valence electrons. The number of carbonyl (C=O) groups excluding carboxylic acids is 2. The zero-order valence-electron chi connectivity index (χ0n) is 24.8. The van der Waals surface area contributed by atoms with Gasteiger partial charge in [-0.15, -0.1) is 11.3 Å². The number of aliphatic carboxylic acids is 1. The Morgan fingerprint density at radius 2 is 1.68 bits per heavy atom. The van der Waals surface area contributed by atoms with Gasteiger partial charge in [-0.05, 0) is 80.7 Å². The van der Waals surface area contributed by atoms with Crippen molar-refractivity contribution in [3.05, 3.63) is 64.2 Å². The number of carbonyl (C=O) groups is 3. The molecule has 8 nitrogen and oxygen atoms in total. The van der Waals surface area contributed by atoms with Gasteiger partial charge in [-0.3, -0.25) is 9.59 Å². The molecule has 2 amide bonds. The minimum atomic E-state index is -1.08. The van der Waals surface area contributed by atoms with Crippen LogP contribution in [0, 0.1) is 16.7 Å². The highest BCUT2D eigenvalue weighted by Crippen LogP contribution is 2.49. The highest BCUT2D eigenvalue weighted by molar-refractivity contribution is 7.18. The molecular weight excluding hydrogens is 538 g/mol. The number of nitrogens with zero attached hydrogens (tertiary/aromatic N) is 1. The Labute approximate surface area is 245 Å². The third-order valence-corrected chi connectivity index (χ3v) is 8.47. The van der Waals surface area contributed by atoms with Crippen molar-refractivity contribution in [2.75, 3.05) is 6.54 Å². The molecule has 1 aliphatic carbocycles. The lowest BCUT2D eigenvalue weighted by atomic mass is 9.61. The zero-order chi connectivity index (χ0) is 30.0. The van der Waals surface area contributed by atoms with E-state index in [4.69, 9.17) is 9.72 Å². The Morgan fingerprint density at radius 1 is 1.02 bits per heavy atom. The minimum absolute atomic E-state index is 0.238. The van der Waals surface area contributed by atoms with Gasteiger partial charge in [0.1, 0.15) is 10.6 Å². The standard InChI is InChI=1S/C32H41N3O5S/c1-30(2,3)26(27(36)37)32(17-21-11-7-8-12-22(21)18-32)28(38)34-19-25-35-23-14-13-20(16-24(23)41-25)10-9-15-33-29(39)40-31(4,5)6/h7-8,11-14,16,26H,9-10,15,17-19H2,1-6H3,(H,33,39)(H,34,38)(H,36,37). The number of carboxylic acid groups (broad SMARTS) is 1. The number of alkyl carbamates (subject to hydrolysis) is 1. The van der Waals surface area contributed by atoms with Crippen LogP contribution in [0.15, 0.2) is 42.5 Å². The third-order valence-electron chi connectivity index (χ3n) is 7.46. The van der Waals surface area contributed by atoms with Crippen LogP contribution >= 0.6 is 11.3 Å². The highest BCUT2D eigenvalue weighted by Gasteiger charge is 2.56. The van der Waals surface area contributed by atoms with Gasteiger partial charge in [0, 0.05) is 6.54 Å². The maximum absolute atomic E-state index is 13.9. The first-order valence-corrected chi connectivity index (χ1v) is 14.9. The second-order valence-corrected chi connectivity index (χ2v) is 14.2. The zero-order valence-corrected chi connectivity index (χ0v) is 25.6. The van der Waals surface area contributed by atoms with Crippen LogP contribution in [0.5, 0.6) is 0 Å². The number of carboxylic acids is 1. The first-order valence-electron chi connectivity index (χ1n) is 14.1. The highest BCUT2D eigenvalue weighted by atomic mass is 32.1. The lowest BCUT2D eigenvalue weighted by Crippen LogP contribution is -2.53. The van der Waals surface area contributed by atoms with E-state index >= 15 is 0 Å². The maximum Gasteiger partial charge on any atom is 0.407 e. The monoisotopic (exact) mass is 579 g/mol. The number of hydrogen-bond donors (Lipinski definition) is 3. The number of hydrogen-bond acceptors (Lipinski definition) is 6. The molecule has 1 heterocycles. The first-order chi connectivity index (χ1) is 19.2. The lowest BCUT2D eigenvalue weighted by molar-refractivity contribution is -0.159. The molecule has 2 aromatic carbocycles. The molecule has 0 aliphatic heterocycles. The van der Waals surface area contributed by atoms with Gasteiger partial charge in [0.15, 0.2) is 0 Å². The van der Waals surface area contributed by atoms with Crippen LogP contribution in [-0.4, -0.2) is 40.2 Å². The van der Waals surface area contributed by atoms with Gasteiger partial charge in [-0.1, -0.05) is 51.1 Å². The third kappa shape index (κ3) is 7.25. The predicted molar refractivity (Wildman–Crippen MR) is 161 cm³/mol. The Kier molecular flexibility index (Phi) is 8.78. The second-order valence-electron chi connectivity index (χ2n) is 13.0. The van der Waals surface area contributed by atoms with Crippen molar-refractivity contribution < 1.29 is 24.2 Å². The average Bonchev–Trinajstić information content (AvgIpc) is 3.44. The average molecular weight is 580 g/mol. The van der Waals surface area contributed by atoms with Crippen molar-refractivity contribution in [2.24, 2.45) is 16.7 Å². The molecule has 1 unspecified atom stereocenters. The van der Waals surface area contributed by atoms with Gasteiger partial charge in [0.05, 0.1) is 28.1 Å². The largest absolute Gasteiger partial charge is 0.481 e. The van der Waals surface area contributed by atoms with Crippen molar-refractivity contribution in [3.63, 3.8) is 0 Å². The molecule has 0 spiro atoms. The van der Waals surface area contributed by atoms with E-state index in [-0.39, 0.29) is 12.5 Å². The fraction of sp³-hybridized carbons (Fsp3) is 0.500. The van der Waals surface area contributed by atoms with Crippen molar-refractivity contribution in [3.8, 4) is 0 Å². The van der Waals surface area contributed by atoms with E-state index < -0.39 is 34.4 Å². The molecule has 9 heteroatoms. The molecule has 0 fully saturated rings. The van der Waals surface area contributed by atoms with E-state index in [2.05, 4.69) is 16.7 Å². The molecular formula is C32H41N3O5S. The summed E-state index contributed by atoms with van der Waals surface area (Å²) in [5.41, 5.74) is 1.85. The van der Waals surface area contributed by atoms with E-state index in [0.29, 0.717) is 19.4 Å². The first kappa shape index (κ1) is 30.5. The molecule has 1 aromatic heterocycles. The summed E-state index contributed by atoms with van der Waals surface area (Å²) in [6.45, 7) is 11.9. The summed E-state index contributed by atoms with van der Waals surface area (Å²) in [5.74, 6) is -2.05. The quantitative estimate of drug-likeness (QED) is 0.272. The van der Waals surface area contributed by atoms with Gasteiger partial charge in [0.25, 0.3) is 0 Å². The Hall–Kier alpha value is -3.46. The maximum atomic E-state index is 13.9. The summed E-state index contributed by atoms with van der Waals surface area (Å²) in [6.07, 6.45) is 1.95. The van der Waals surface area contributed by atoms with Crippen LogP contribution in [0.1, 0.15) is 69.7 Å². The topological polar surface area (TPSA) is 118 Å². The molecule has 41 heavy (non-hydrogen) atoms. The smallest absolute Gasteiger partial charge is 0.407 e. The van der Waals surface area contributed by atoms with Crippen LogP contribution < -0.4 is 10.6 Å². The fourth-order valence-electron chi connectivity index (χ4n) is 5.95. The van der Waals surface area contributed by atoms with Gasteiger partial charge in [-0.2, -0.15) is 0 Å². The SMILES string of the molecule is CC(C)(C)OC(=O)NCCCc1ccc2nc(CNC(=O)C3(C(C(=O)O)C(C)(C)C)Cc4ccccc4C3)sc2c1. The van der Waals surface area contributed by atoms with Crippen molar-refractivity contribution in [1.82, 2.24) is 15.6 Å². The molecule has 3 aromatic rings. The molecule has 1 atom stereocenters. The Balaban J connectivity index is 1.42. The molecule has 0 radical (unpaired) electrons. The van der Waals surface area contributed by atoms with E-state index in [1.54, 1.807) is 0 Å². The predicted octanol–water partition coefficient (Wildman–Crippen LogP) is 5.90. The molecule has 3 N–H and O–H groups in total. The Bertz CT molecular complexity index is 1410. The van der Waals surface area contributed by atoms with Gasteiger partial charge in [0.2, 0.25) is 5.91 Å². The summed E-state index contributed by atoms with van der Waals surface area (Å²) in [6, 6.07) is 14.0. The van der Waals surface area contributed by atoms with Gasteiger partial charge in [-0.25, -0.2) is 9.78 Å².